The molecule has 86 valence electrons. The minimum absolute atomic E-state index is 0.465. The molecule has 0 spiro atoms. The van der Waals surface area contributed by atoms with E-state index in [4.69, 9.17) is 0 Å². The molecule has 5 heteroatoms. The van der Waals surface area contributed by atoms with Gasteiger partial charge in [0.05, 0.1) is 6.54 Å². The van der Waals surface area contributed by atoms with Gasteiger partial charge in [-0.05, 0) is 10.8 Å². The van der Waals surface area contributed by atoms with E-state index in [1.165, 1.54) is 12.7 Å². The number of rotatable bonds is 3. The summed E-state index contributed by atoms with van der Waals surface area (Å²) < 4.78 is 0. The Morgan fingerprint density at radius 3 is 2.25 bits per heavy atom. The molecule has 0 aliphatic heterocycles. The van der Waals surface area contributed by atoms with Gasteiger partial charge in [0.2, 0.25) is 0 Å². The van der Waals surface area contributed by atoms with Crippen molar-refractivity contribution in [3.8, 4) is 0 Å². The van der Waals surface area contributed by atoms with E-state index >= 15 is 0 Å². The third-order valence-corrected chi connectivity index (χ3v) is 2.27. The summed E-state index contributed by atoms with van der Waals surface area (Å²) in [5.41, 5.74) is 0. The van der Waals surface area contributed by atoms with Gasteiger partial charge in [0.25, 0.3) is 0 Å². The van der Waals surface area contributed by atoms with Crippen LogP contribution in [0.2, 0.25) is 0 Å². The van der Waals surface area contributed by atoms with E-state index in [2.05, 4.69) is 34.1 Å². The highest BCUT2D eigenvalue weighted by Crippen LogP contribution is 1.91. The molecule has 4 nitrogen and oxygen atoms in total. The molecule has 0 saturated heterocycles. The Kier molecular flexibility index (Phi) is 6.29. The van der Waals surface area contributed by atoms with E-state index in [1.54, 1.807) is 11.3 Å². The van der Waals surface area contributed by atoms with Crippen molar-refractivity contribution in [2.24, 2.45) is 0 Å². The molecule has 0 aliphatic carbocycles. The Morgan fingerprint density at radius 1 is 1.19 bits per heavy atom. The molecule has 0 aromatic carbocycles. The van der Waals surface area contributed by atoms with Crippen molar-refractivity contribution in [1.29, 1.82) is 0 Å². The normalized spacial score (nSPS) is 9.69. The van der Waals surface area contributed by atoms with Crippen LogP contribution in [0.4, 0.5) is 0 Å². The molecule has 16 heavy (non-hydrogen) atoms. The lowest BCUT2D eigenvalue weighted by Crippen LogP contribution is -2.23. The van der Waals surface area contributed by atoms with Gasteiger partial charge in [0.15, 0.2) is 0 Å². The predicted octanol–water partition coefficient (Wildman–Crippen LogP) is 2.12. The van der Waals surface area contributed by atoms with Crippen molar-refractivity contribution in [3.63, 3.8) is 0 Å². The van der Waals surface area contributed by atoms with Crippen LogP contribution in [-0.4, -0.2) is 21.0 Å². The number of hydrogen-bond donors (Lipinski definition) is 1. The maximum Gasteiger partial charge on any atom is 0.145 e. The number of nitrogens with zero attached hydrogens (tertiary/aromatic N) is 3. The second-order valence-electron chi connectivity index (χ2n) is 3.38. The highest BCUT2D eigenvalue weighted by molar-refractivity contribution is 7.07. The molecule has 1 N–H and O–H groups in total. The average Bonchev–Trinajstić information content (AvgIpc) is 2.86. The zero-order chi connectivity index (χ0) is 11.6. The summed E-state index contributed by atoms with van der Waals surface area (Å²) in [6.07, 6.45) is 3.01. The molecule has 0 aliphatic rings. The van der Waals surface area contributed by atoms with Crippen LogP contribution in [0.25, 0.3) is 0 Å². The standard InChI is InChI=1S/C7H12N4.C4H4S/c1-6(2)9-3-7-10-4-8-5-11-7;1-2-4-5-3-1/h4-6,9H,3H2,1-2H3;1-4H. The van der Waals surface area contributed by atoms with Gasteiger partial charge in [-0.15, -0.1) is 0 Å². The maximum atomic E-state index is 3.97. The number of aromatic nitrogens is 3. The summed E-state index contributed by atoms with van der Waals surface area (Å²) in [6, 6.07) is 4.50. The largest absolute Gasteiger partial charge is 0.308 e. The summed E-state index contributed by atoms with van der Waals surface area (Å²) >= 11 is 1.71. The molecule has 0 amide bonds. The van der Waals surface area contributed by atoms with E-state index in [-0.39, 0.29) is 0 Å². The molecule has 0 fully saturated rings. The molecule has 0 atom stereocenters. The molecule has 2 heterocycles. The average molecular weight is 236 g/mol. The second-order valence-corrected chi connectivity index (χ2v) is 4.20. The third-order valence-electron chi connectivity index (χ3n) is 1.64. The van der Waals surface area contributed by atoms with Gasteiger partial charge >= 0.3 is 0 Å². The van der Waals surface area contributed by atoms with Crippen molar-refractivity contribution < 1.29 is 0 Å². The molecule has 0 unspecified atom stereocenters. The first-order chi connectivity index (χ1) is 7.79. The maximum absolute atomic E-state index is 3.97. The monoisotopic (exact) mass is 236 g/mol. The van der Waals surface area contributed by atoms with Crippen LogP contribution in [-0.2, 0) is 6.54 Å². The Morgan fingerprint density at radius 2 is 1.81 bits per heavy atom. The fourth-order valence-electron chi connectivity index (χ4n) is 0.877. The fraction of sp³-hybridized carbons (Fsp3) is 0.364. The molecular weight excluding hydrogens is 220 g/mol. The van der Waals surface area contributed by atoms with Crippen LogP contribution in [0.1, 0.15) is 19.7 Å². The van der Waals surface area contributed by atoms with Gasteiger partial charge in [-0.3, -0.25) is 0 Å². The Labute approximate surface area is 99.8 Å². The van der Waals surface area contributed by atoms with Gasteiger partial charge in [0.1, 0.15) is 18.5 Å². The molecule has 0 bridgehead atoms. The van der Waals surface area contributed by atoms with E-state index < -0.39 is 0 Å². The Bertz CT molecular complexity index is 330. The Balaban J connectivity index is 0.000000212. The van der Waals surface area contributed by atoms with Crippen molar-refractivity contribution in [2.45, 2.75) is 26.4 Å². The van der Waals surface area contributed by atoms with Gasteiger partial charge in [0, 0.05) is 6.04 Å². The summed E-state index contributed by atoms with van der Waals surface area (Å²) in [7, 11) is 0. The van der Waals surface area contributed by atoms with E-state index in [1.807, 2.05) is 22.9 Å². The van der Waals surface area contributed by atoms with Crippen LogP contribution in [0.5, 0.6) is 0 Å². The summed E-state index contributed by atoms with van der Waals surface area (Å²) in [4.78, 5) is 11.7. The number of hydrogen-bond acceptors (Lipinski definition) is 5. The zero-order valence-electron chi connectivity index (χ0n) is 9.50. The van der Waals surface area contributed by atoms with Crippen LogP contribution >= 0.6 is 11.3 Å². The lowest BCUT2D eigenvalue weighted by atomic mass is 10.4. The lowest BCUT2D eigenvalue weighted by Gasteiger charge is -2.05. The van der Waals surface area contributed by atoms with Gasteiger partial charge in [-0.25, -0.2) is 15.0 Å². The first kappa shape index (κ1) is 12.7. The molecule has 2 aromatic heterocycles. The van der Waals surface area contributed by atoms with E-state index in [0.717, 1.165) is 5.82 Å². The quantitative estimate of drug-likeness (QED) is 0.887. The first-order valence-electron chi connectivity index (χ1n) is 5.10. The van der Waals surface area contributed by atoms with Crippen molar-refractivity contribution in [3.05, 3.63) is 41.4 Å². The fourth-order valence-corrected chi connectivity index (χ4v) is 1.33. The number of nitrogens with one attached hydrogen (secondary N) is 1. The van der Waals surface area contributed by atoms with Gasteiger partial charge < -0.3 is 5.32 Å². The topological polar surface area (TPSA) is 50.7 Å². The number of thiophene rings is 1. The molecule has 2 rings (SSSR count). The van der Waals surface area contributed by atoms with Crippen molar-refractivity contribution in [2.75, 3.05) is 0 Å². The van der Waals surface area contributed by atoms with Crippen LogP contribution < -0.4 is 5.32 Å². The van der Waals surface area contributed by atoms with Crippen molar-refractivity contribution >= 4 is 11.3 Å². The van der Waals surface area contributed by atoms with E-state index in [9.17, 15) is 0 Å². The third kappa shape index (κ3) is 6.21. The Hall–Kier alpha value is -1.33. The molecular formula is C11H16N4S. The minimum Gasteiger partial charge on any atom is -0.308 e. The second kappa shape index (κ2) is 7.90. The summed E-state index contributed by atoms with van der Waals surface area (Å²) in [5.74, 6) is 0.786. The smallest absolute Gasteiger partial charge is 0.145 e. The van der Waals surface area contributed by atoms with Crippen LogP contribution in [0.3, 0.4) is 0 Å². The molecule has 0 saturated carbocycles. The lowest BCUT2D eigenvalue weighted by molar-refractivity contribution is 0.570. The predicted molar refractivity (Wildman–Crippen MR) is 66.1 cm³/mol. The highest BCUT2D eigenvalue weighted by Gasteiger charge is 1.95. The van der Waals surface area contributed by atoms with Gasteiger partial charge in [-0.1, -0.05) is 26.0 Å². The first-order valence-corrected chi connectivity index (χ1v) is 6.04. The van der Waals surface area contributed by atoms with Crippen LogP contribution in [0, 0.1) is 0 Å². The van der Waals surface area contributed by atoms with Crippen molar-refractivity contribution in [1.82, 2.24) is 20.3 Å². The van der Waals surface area contributed by atoms with Crippen LogP contribution in [0.15, 0.2) is 35.5 Å². The summed E-state index contributed by atoms with van der Waals surface area (Å²) in [5, 5.41) is 7.29. The highest BCUT2D eigenvalue weighted by atomic mass is 32.1. The van der Waals surface area contributed by atoms with E-state index in [0.29, 0.717) is 12.6 Å². The zero-order valence-corrected chi connectivity index (χ0v) is 10.3. The van der Waals surface area contributed by atoms with Gasteiger partial charge in [-0.2, -0.15) is 11.3 Å². The SMILES string of the molecule is CC(C)NCc1ncncn1.c1ccsc1. The molecule has 2 aromatic rings. The minimum atomic E-state index is 0.465. The summed E-state index contributed by atoms with van der Waals surface area (Å²) in [6.45, 7) is 4.88. The molecule has 0 radical (unpaired) electrons.